The van der Waals surface area contributed by atoms with Crippen molar-refractivity contribution >= 4 is 5.78 Å². The summed E-state index contributed by atoms with van der Waals surface area (Å²) in [4.78, 5) is 10.8. The Morgan fingerprint density at radius 1 is 1.60 bits per heavy atom. The van der Waals surface area contributed by atoms with E-state index < -0.39 is 0 Å². The summed E-state index contributed by atoms with van der Waals surface area (Å²) in [6, 6.07) is 0.359. The third-order valence-electron chi connectivity index (χ3n) is 1.96. The van der Waals surface area contributed by atoms with E-state index in [9.17, 15) is 4.79 Å². The van der Waals surface area contributed by atoms with Crippen LogP contribution in [0.5, 0.6) is 0 Å². The topological polar surface area (TPSA) is 29.1 Å². The van der Waals surface area contributed by atoms with Gasteiger partial charge in [0.25, 0.3) is 0 Å². The van der Waals surface area contributed by atoms with Gasteiger partial charge in [-0.15, -0.1) is 0 Å². The van der Waals surface area contributed by atoms with Gasteiger partial charge < -0.3 is 5.32 Å². The van der Waals surface area contributed by atoms with Gasteiger partial charge in [-0.3, -0.25) is 4.79 Å². The van der Waals surface area contributed by atoms with E-state index in [1.165, 1.54) is 5.57 Å². The lowest BCUT2D eigenvalue weighted by Crippen LogP contribution is -2.22. The van der Waals surface area contributed by atoms with Crippen molar-refractivity contribution in [2.75, 3.05) is 6.54 Å². The molecule has 1 aliphatic heterocycles. The SMILES string of the molecule is O=C1C=CC2NCCC2=C1. The van der Waals surface area contributed by atoms with Crippen LogP contribution in [-0.2, 0) is 4.79 Å². The van der Waals surface area contributed by atoms with Crippen LogP contribution in [0.2, 0.25) is 0 Å². The Balaban J connectivity index is 2.30. The minimum atomic E-state index is 0.134. The monoisotopic (exact) mass is 135 g/mol. The quantitative estimate of drug-likeness (QED) is 0.521. The van der Waals surface area contributed by atoms with E-state index in [-0.39, 0.29) is 5.78 Å². The predicted octanol–water partition coefficient (Wildman–Crippen LogP) is 0.414. The molecule has 2 aliphatic rings. The van der Waals surface area contributed by atoms with Crippen LogP contribution in [0, 0.1) is 0 Å². The molecule has 0 amide bonds. The number of carbonyl (C=O) groups is 1. The van der Waals surface area contributed by atoms with Crippen LogP contribution in [0.25, 0.3) is 0 Å². The zero-order valence-electron chi connectivity index (χ0n) is 5.63. The van der Waals surface area contributed by atoms with Crippen LogP contribution >= 0.6 is 0 Å². The molecule has 1 heterocycles. The van der Waals surface area contributed by atoms with Gasteiger partial charge in [0.1, 0.15) is 0 Å². The molecule has 2 nitrogen and oxygen atoms in total. The molecule has 0 aromatic heterocycles. The van der Waals surface area contributed by atoms with E-state index in [0.717, 1.165) is 13.0 Å². The van der Waals surface area contributed by atoms with Gasteiger partial charge in [0.05, 0.1) is 0 Å². The number of rotatable bonds is 0. The van der Waals surface area contributed by atoms with Crippen LogP contribution in [-0.4, -0.2) is 18.4 Å². The summed E-state index contributed by atoms with van der Waals surface area (Å²) in [7, 11) is 0. The van der Waals surface area contributed by atoms with E-state index in [1.54, 1.807) is 12.2 Å². The van der Waals surface area contributed by atoms with Gasteiger partial charge in [0.2, 0.25) is 0 Å². The van der Waals surface area contributed by atoms with Crippen LogP contribution < -0.4 is 5.32 Å². The Morgan fingerprint density at radius 2 is 2.50 bits per heavy atom. The molecule has 0 radical (unpaired) electrons. The molecule has 0 spiro atoms. The second-order valence-corrected chi connectivity index (χ2v) is 2.66. The average molecular weight is 135 g/mol. The smallest absolute Gasteiger partial charge is 0.178 e. The summed E-state index contributed by atoms with van der Waals surface area (Å²) in [6.45, 7) is 1.01. The predicted molar refractivity (Wildman–Crippen MR) is 38.6 cm³/mol. The summed E-state index contributed by atoms with van der Waals surface area (Å²) in [6.07, 6.45) is 6.34. The van der Waals surface area contributed by atoms with Crippen molar-refractivity contribution in [3.63, 3.8) is 0 Å². The molecule has 1 fully saturated rings. The maximum Gasteiger partial charge on any atom is 0.178 e. The first-order chi connectivity index (χ1) is 4.86. The van der Waals surface area contributed by atoms with Crippen LogP contribution in [0.4, 0.5) is 0 Å². The van der Waals surface area contributed by atoms with Crippen molar-refractivity contribution in [1.29, 1.82) is 0 Å². The number of allylic oxidation sites excluding steroid dienone is 2. The van der Waals surface area contributed by atoms with E-state index in [1.807, 2.05) is 6.08 Å². The second-order valence-electron chi connectivity index (χ2n) is 2.66. The van der Waals surface area contributed by atoms with Crippen molar-refractivity contribution in [1.82, 2.24) is 5.32 Å². The van der Waals surface area contributed by atoms with Gasteiger partial charge in [0, 0.05) is 6.04 Å². The molecule has 1 unspecified atom stereocenters. The van der Waals surface area contributed by atoms with Gasteiger partial charge >= 0.3 is 0 Å². The molecular weight excluding hydrogens is 126 g/mol. The molecule has 1 N–H and O–H groups in total. The molecule has 0 saturated carbocycles. The maximum absolute atomic E-state index is 10.8. The minimum Gasteiger partial charge on any atom is -0.307 e. The number of fused-ring (bicyclic) bond motifs is 1. The molecule has 52 valence electrons. The molecule has 1 atom stereocenters. The number of nitrogens with one attached hydrogen (secondary N) is 1. The number of hydrogen-bond donors (Lipinski definition) is 1. The summed E-state index contributed by atoms with van der Waals surface area (Å²) in [5.74, 6) is 0.134. The van der Waals surface area contributed by atoms with Gasteiger partial charge in [-0.2, -0.15) is 0 Å². The molecular formula is C8H9NO. The van der Waals surface area contributed by atoms with Crippen LogP contribution in [0.3, 0.4) is 0 Å². The van der Waals surface area contributed by atoms with Crippen molar-refractivity contribution in [3.8, 4) is 0 Å². The third-order valence-corrected chi connectivity index (χ3v) is 1.96. The summed E-state index contributed by atoms with van der Waals surface area (Å²) < 4.78 is 0. The van der Waals surface area contributed by atoms with Crippen molar-refractivity contribution in [2.45, 2.75) is 12.5 Å². The number of carbonyl (C=O) groups excluding carboxylic acids is 1. The van der Waals surface area contributed by atoms with E-state index in [4.69, 9.17) is 0 Å². The largest absolute Gasteiger partial charge is 0.307 e. The van der Waals surface area contributed by atoms with Gasteiger partial charge in [0.15, 0.2) is 5.78 Å². The minimum absolute atomic E-state index is 0.134. The van der Waals surface area contributed by atoms with E-state index in [0.29, 0.717) is 6.04 Å². The highest BCUT2D eigenvalue weighted by molar-refractivity contribution is 6.01. The first kappa shape index (κ1) is 5.86. The maximum atomic E-state index is 10.8. The first-order valence-electron chi connectivity index (χ1n) is 3.52. The highest BCUT2D eigenvalue weighted by Gasteiger charge is 2.20. The molecule has 0 bridgehead atoms. The van der Waals surface area contributed by atoms with Crippen molar-refractivity contribution in [2.24, 2.45) is 0 Å². The Labute approximate surface area is 59.6 Å². The van der Waals surface area contributed by atoms with Crippen molar-refractivity contribution < 1.29 is 4.79 Å². The van der Waals surface area contributed by atoms with E-state index in [2.05, 4.69) is 5.32 Å². The molecule has 1 aliphatic carbocycles. The Morgan fingerprint density at radius 3 is 3.40 bits per heavy atom. The fourth-order valence-corrected chi connectivity index (χ4v) is 1.43. The zero-order chi connectivity index (χ0) is 6.97. The molecule has 2 heteroatoms. The normalized spacial score (nSPS) is 30.2. The van der Waals surface area contributed by atoms with Crippen molar-refractivity contribution in [3.05, 3.63) is 23.8 Å². The molecule has 0 aromatic rings. The lowest BCUT2D eigenvalue weighted by molar-refractivity contribution is -0.110. The zero-order valence-corrected chi connectivity index (χ0v) is 5.63. The van der Waals surface area contributed by atoms with Gasteiger partial charge in [-0.1, -0.05) is 6.08 Å². The summed E-state index contributed by atoms with van der Waals surface area (Å²) in [5, 5.41) is 3.27. The number of hydrogen-bond acceptors (Lipinski definition) is 2. The third kappa shape index (κ3) is 0.809. The highest BCUT2D eigenvalue weighted by Crippen LogP contribution is 2.18. The molecule has 0 aromatic carbocycles. The highest BCUT2D eigenvalue weighted by atomic mass is 16.1. The van der Waals surface area contributed by atoms with E-state index >= 15 is 0 Å². The lowest BCUT2D eigenvalue weighted by atomic mass is 10.0. The molecule has 1 saturated heterocycles. The molecule has 2 rings (SSSR count). The first-order valence-corrected chi connectivity index (χ1v) is 3.52. The van der Waals surface area contributed by atoms with Crippen LogP contribution in [0.1, 0.15) is 6.42 Å². The number of ketones is 1. The summed E-state index contributed by atoms with van der Waals surface area (Å²) in [5.41, 5.74) is 1.24. The summed E-state index contributed by atoms with van der Waals surface area (Å²) >= 11 is 0. The van der Waals surface area contributed by atoms with Crippen LogP contribution in [0.15, 0.2) is 23.8 Å². The van der Waals surface area contributed by atoms with Gasteiger partial charge in [-0.05, 0) is 30.7 Å². The van der Waals surface area contributed by atoms with Gasteiger partial charge in [-0.25, -0.2) is 0 Å². The fraction of sp³-hybridized carbons (Fsp3) is 0.375. The second kappa shape index (κ2) is 2.06. The fourth-order valence-electron chi connectivity index (χ4n) is 1.43. The standard InChI is InChI=1S/C8H9NO/c10-7-1-2-8-6(5-7)3-4-9-8/h1-2,5,8-9H,3-4H2. The molecule has 10 heavy (non-hydrogen) atoms. The lowest BCUT2D eigenvalue weighted by Gasteiger charge is -2.09. The Hall–Kier alpha value is -0.890. The Kier molecular flexibility index (Phi) is 1.21. The Bertz CT molecular complexity index is 227. The average Bonchev–Trinajstić information content (AvgIpc) is 2.33.